The highest BCUT2D eigenvalue weighted by Crippen LogP contribution is 2.35. The van der Waals surface area contributed by atoms with Crippen LogP contribution >= 0.6 is 15.9 Å². The summed E-state index contributed by atoms with van der Waals surface area (Å²) in [6.07, 6.45) is -3.01. The van der Waals surface area contributed by atoms with Gasteiger partial charge in [0.1, 0.15) is 0 Å². The first kappa shape index (κ1) is 9.51. The van der Waals surface area contributed by atoms with Gasteiger partial charge in [0.2, 0.25) is 0 Å². The highest BCUT2D eigenvalue weighted by Gasteiger charge is 2.33. The number of nitrogens with one attached hydrogen (secondary N) is 1. The fraction of sp³-hybridized carbons (Fsp3) is 0.125. The summed E-state index contributed by atoms with van der Waals surface area (Å²) >= 11 is 3.02. The molecule has 1 N–H and O–H groups in total. The van der Waals surface area contributed by atoms with Crippen molar-refractivity contribution in [3.63, 3.8) is 0 Å². The Morgan fingerprint density at radius 1 is 1.29 bits per heavy atom. The van der Waals surface area contributed by atoms with Gasteiger partial charge in [0.15, 0.2) is 0 Å². The van der Waals surface area contributed by atoms with Crippen molar-refractivity contribution >= 4 is 26.8 Å². The molecule has 1 heterocycles. The van der Waals surface area contributed by atoms with Crippen LogP contribution in [0.1, 0.15) is 5.56 Å². The van der Waals surface area contributed by atoms with Gasteiger partial charge in [-0.2, -0.15) is 18.3 Å². The lowest BCUT2D eigenvalue weighted by atomic mass is 10.1. The fourth-order valence-electron chi connectivity index (χ4n) is 1.24. The lowest BCUT2D eigenvalue weighted by Gasteiger charge is -2.07. The summed E-state index contributed by atoms with van der Waals surface area (Å²) in [6, 6.07) is 2.61. The molecule has 2 aromatic rings. The molecule has 1 aromatic carbocycles. The third-order valence-corrected chi connectivity index (χ3v) is 2.28. The maximum atomic E-state index is 12.5. The molecule has 0 saturated carbocycles. The van der Waals surface area contributed by atoms with Crippen molar-refractivity contribution in [2.24, 2.45) is 0 Å². The maximum absolute atomic E-state index is 12.5. The molecule has 2 nitrogen and oxygen atoms in total. The van der Waals surface area contributed by atoms with Crippen LogP contribution < -0.4 is 0 Å². The number of rotatable bonds is 0. The smallest absolute Gasteiger partial charge is 0.277 e. The third-order valence-electron chi connectivity index (χ3n) is 1.82. The minimum absolute atomic E-state index is 0.0145. The third kappa shape index (κ3) is 1.50. The van der Waals surface area contributed by atoms with Gasteiger partial charge in [-0.1, -0.05) is 15.9 Å². The van der Waals surface area contributed by atoms with Gasteiger partial charge in [-0.05, 0) is 12.1 Å². The molecular weight excluding hydrogens is 261 g/mol. The summed E-state index contributed by atoms with van der Waals surface area (Å²) in [4.78, 5) is 0. The van der Waals surface area contributed by atoms with Crippen LogP contribution in [0, 0.1) is 0 Å². The van der Waals surface area contributed by atoms with Gasteiger partial charge in [-0.25, -0.2) is 0 Å². The van der Waals surface area contributed by atoms with Crippen LogP contribution in [0.3, 0.4) is 0 Å². The second kappa shape index (κ2) is 2.98. The number of nitrogens with zero attached hydrogens (tertiary/aromatic N) is 1. The van der Waals surface area contributed by atoms with Crippen molar-refractivity contribution < 1.29 is 13.2 Å². The summed E-state index contributed by atoms with van der Waals surface area (Å²) < 4.78 is 37.9. The number of halogens is 4. The van der Waals surface area contributed by atoms with E-state index in [1.165, 1.54) is 6.20 Å². The van der Waals surface area contributed by atoms with E-state index in [0.29, 0.717) is 9.86 Å². The molecule has 0 bridgehead atoms. The monoisotopic (exact) mass is 264 g/mol. The van der Waals surface area contributed by atoms with Crippen LogP contribution in [0.15, 0.2) is 22.8 Å². The van der Waals surface area contributed by atoms with E-state index in [2.05, 4.69) is 26.1 Å². The van der Waals surface area contributed by atoms with E-state index in [1.54, 1.807) is 6.07 Å². The Labute approximate surface area is 85.2 Å². The van der Waals surface area contributed by atoms with Crippen LogP contribution in [0.25, 0.3) is 10.9 Å². The minimum atomic E-state index is -4.37. The number of benzene rings is 1. The molecule has 0 atom stereocenters. The summed E-state index contributed by atoms with van der Waals surface area (Å²) in [7, 11) is 0. The van der Waals surface area contributed by atoms with Gasteiger partial charge in [-0.3, -0.25) is 5.10 Å². The minimum Gasteiger partial charge on any atom is -0.277 e. The predicted molar refractivity (Wildman–Crippen MR) is 48.8 cm³/mol. The van der Waals surface area contributed by atoms with Crippen LogP contribution in [0.2, 0.25) is 0 Å². The Hall–Kier alpha value is -1.04. The zero-order valence-electron chi connectivity index (χ0n) is 6.69. The van der Waals surface area contributed by atoms with Crippen molar-refractivity contribution in [2.45, 2.75) is 6.18 Å². The highest BCUT2D eigenvalue weighted by molar-refractivity contribution is 9.10. The van der Waals surface area contributed by atoms with Crippen molar-refractivity contribution in [1.29, 1.82) is 0 Å². The van der Waals surface area contributed by atoms with E-state index >= 15 is 0 Å². The first-order valence-corrected chi connectivity index (χ1v) is 4.47. The molecule has 2 rings (SSSR count). The molecule has 0 aliphatic heterocycles. The van der Waals surface area contributed by atoms with Crippen LogP contribution in [-0.2, 0) is 6.18 Å². The summed E-state index contributed by atoms with van der Waals surface area (Å²) in [5.41, 5.74) is -0.694. The number of fused-ring (bicyclic) bond motifs is 1. The SMILES string of the molecule is FC(F)(F)c1cc(Br)cc2cn[nH]c12. The molecule has 0 spiro atoms. The van der Waals surface area contributed by atoms with Gasteiger partial charge in [0, 0.05) is 9.86 Å². The van der Waals surface area contributed by atoms with E-state index in [4.69, 9.17) is 0 Å². The zero-order chi connectivity index (χ0) is 10.3. The van der Waals surface area contributed by atoms with Crippen LogP contribution in [0.4, 0.5) is 13.2 Å². The number of aromatic amines is 1. The molecule has 14 heavy (non-hydrogen) atoms. The number of hydrogen-bond donors (Lipinski definition) is 1. The van der Waals surface area contributed by atoms with Crippen molar-refractivity contribution in [3.05, 3.63) is 28.4 Å². The topological polar surface area (TPSA) is 28.7 Å². The Morgan fingerprint density at radius 3 is 2.64 bits per heavy atom. The quantitative estimate of drug-likeness (QED) is 0.777. The molecule has 0 radical (unpaired) electrons. The van der Waals surface area contributed by atoms with Crippen molar-refractivity contribution in [3.8, 4) is 0 Å². The first-order valence-electron chi connectivity index (χ1n) is 3.68. The first-order chi connectivity index (χ1) is 6.48. The highest BCUT2D eigenvalue weighted by atomic mass is 79.9. The number of hydrogen-bond acceptors (Lipinski definition) is 1. The molecular formula is C8H4BrF3N2. The average molecular weight is 265 g/mol. The summed E-state index contributed by atoms with van der Waals surface area (Å²) in [6.45, 7) is 0. The lowest BCUT2D eigenvalue weighted by Crippen LogP contribution is -2.05. The van der Waals surface area contributed by atoms with E-state index in [0.717, 1.165) is 6.07 Å². The Balaban J connectivity index is 2.80. The average Bonchev–Trinajstić information content (AvgIpc) is 2.47. The number of aromatic nitrogens is 2. The fourth-order valence-corrected chi connectivity index (χ4v) is 1.72. The molecule has 0 saturated heterocycles. The lowest BCUT2D eigenvalue weighted by molar-refractivity contribution is -0.136. The van der Waals surface area contributed by atoms with Gasteiger partial charge in [0.05, 0.1) is 17.3 Å². The van der Waals surface area contributed by atoms with Crippen LogP contribution in [0.5, 0.6) is 0 Å². The van der Waals surface area contributed by atoms with Gasteiger partial charge >= 0.3 is 6.18 Å². The second-order valence-electron chi connectivity index (χ2n) is 2.79. The number of H-pyrrole nitrogens is 1. The summed E-state index contributed by atoms with van der Waals surface area (Å²) in [5.74, 6) is 0. The van der Waals surface area contributed by atoms with Crippen LogP contribution in [-0.4, -0.2) is 10.2 Å². The van der Waals surface area contributed by atoms with Gasteiger partial charge in [-0.15, -0.1) is 0 Å². The number of alkyl halides is 3. The van der Waals surface area contributed by atoms with E-state index in [-0.39, 0.29) is 5.52 Å². The maximum Gasteiger partial charge on any atom is 0.418 e. The standard InChI is InChI=1S/C8H4BrF3N2/c9-5-1-4-3-13-14-7(4)6(2-5)8(10,11)12/h1-3H,(H,13,14). The Morgan fingerprint density at radius 2 is 2.00 bits per heavy atom. The zero-order valence-corrected chi connectivity index (χ0v) is 8.28. The van der Waals surface area contributed by atoms with Crippen molar-refractivity contribution in [1.82, 2.24) is 10.2 Å². The molecule has 1 aromatic heterocycles. The Kier molecular flexibility index (Phi) is 2.02. The molecule has 0 amide bonds. The largest absolute Gasteiger partial charge is 0.418 e. The molecule has 74 valence electrons. The molecule has 0 fully saturated rings. The molecule has 0 aliphatic carbocycles. The normalized spacial score (nSPS) is 12.3. The predicted octanol–water partition coefficient (Wildman–Crippen LogP) is 3.34. The van der Waals surface area contributed by atoms with Crippen molar-refractivity contribution in [2.75, 3.05) is 0 Å². The summed E-state index contributed by atoms with van der Waals surface area (Å²) in [5, 5.41) is 6.34. The van der Waals surface area contributed by atoms with Gasteiger partial charge in [0.25, 0.3) is 0 Å². The van der Waals surface area contributed by atoms with E-state index < -0.39 is 11.7 Å². The Bertz CT molecular complexity index is 475. The van der Waals surface area contributed by atoms with Gasteiger partial charge < -0.3 is 0 Å². The molecule has 6 heteroatoms. The molecule has 0 aliphatic rings. The van der Waals surface area contributed by atoms with E-state index in [9.17, 15) is 13.2 Å². The second-order valence-corrected chi connectivity index (χ2v) is 3.70. The molecule has 0 unspecified atom stereocenters. The van der Waals surface area contributed by atoms with E-state index in [1.807, 2.05) is 0 Å².